The van der Waals surface area contributed by atoms with Crippen molar-refractivity contribution in [2.45, 2.75) is 115 Å². The third-order valence-electron chi connectivity index (χ3n) is 8.86. The molecule has 0 aromatic carbocycles. The van der Waals surface area contributed by atoms with Crippen LogP contribution >= 0.6 is 0 Å². The normalized spacial score (nSPS) is 37.7. The molecule has 0 bridgehead atoms. The number of amides is 1. The van der Waals surface area contributed by atoms with E-state index in [0.717, 1.165) is 77.7 Å². The van der Waals surface area contributed by atoms with Gasteiger partial charge in [0, 0.05) is 50.9 Å². The highest BCUT2D eigenvalue weighted by Crippen LogP contribution is 2.30. The number of carbonyl (C=O) groups excluding carboxylic acids is 1. The summed E-state index contributed by atoms with van der Waals surface area (Å²) in [6.07, 6.45) is 12.0. The summed E-state index contributed by atoms with van der Waals surface area (Å²) in [5, 5.41) is 14.2. The lowest BCUT2D eigenvalue weighted by Crippen LogP contribution is -2.59. The molecule has 35 heavy (non-hydrogen) atoms. The van der Waals surface area contributed by atoms with Crippen molar-refractivity contribution in [1.82, 2.24) is 37.0 Å². The molecule has 2 saturated heterocycles. The minimum absolute atomic E-state index is 0.124. The number of hydrogen-bond acceptors (Lipinski definition) is 8. The maximum Gasteiger partial charge on any atom is 0.223 e. The van der Waals surface area contributed by atoms with Crippen LogP contribution in [0.1, 0.15) is 78.1 Å². The molecule has 0 radical (unpaired) electrons. The average Bonchev–Trinajstić information content (AvgIpc) is 3.30. The molecule has 9 nitrogen and oxygen atoms in total. The lowest BCUT2D eigenvalue weighted by Gasteiger charge is -2.37. The summed E-state index contributed by atoms with van der Waals surface area (Å²) in [6, 6.07) is 1.09. The molecule has 6 N–H and O–H groups in total. The van der Waals surface area contributed by atoms with Crippen LogP contribution < -0.4 is 32.1 Å². The molecule has 2 aliphatic carbocycles. The number of nitrogens with one attached hydrogen (secondary N) is 6. The molecule has 4 aliphatic rings. The fourth-order valence-electron chi connectivity index (χ4n) is 6.72. The molecule has 7 unspecified atom stereocenters. The van der Waals surface area contributed by atoms with Crippen molar-refractivity contribution >= 4 is 5.91 Å². The zero-order valence-electron chi connectivity index (χ0n) is 22.3. The van der Waals surface area contributed by atoms with Crippen LogP contribution in [0.5, 0.6) is 0 Å². The summed E-state index contributed by atoms with van der Waals surface area (Å²) < 4.78 is 5.60. The molecule has 4 rings (SSSR count). The first-order valence-corrected chi connectivity index (χ1v) is 14.4. The Kier molecular flexibility index (Phi) is 10.6. The molecular formula is C26H51N7O2. The Balaban J connectivity index is 1.23. The fraction of sp³-hybridized carbons (Fsp3) is 0.962. The first-order valence-electron chi connectivity index (χ1n) is 14.4. The van der Waals surface area contributed by atoms with Crippen molar-refractivity contribution in [3.8, 4) is 0 Å². The van der Waals surface area contributed by atoms with Gasteiger partial charge in [0.15, 0.2) is 0 Å². The van der Waals surface area contributed by atoms with Gasteiger partial charge in [0.2, 0.25) is 5.91 Å². The number of ether oxygens (including phenoxy) is 1. The highest BCUT2D eigenvalue weighted by molar-refractivity contribution is 5.79. The van der Waals surface area contributed by atoms with Crippen LogP contribution in [0.3, 0.4) is 0 Å². The highest BCUT2D eigenvalue weighted by Gasteiger charge is 2.38. The summed E-state index contributed by atoms with van der Waals surface area (Å²) in [5.41, 5.74) is 7.11. The first-order chi connectivity index (χ1) is 17.1. The molecule has 0 aromatic heterocycles. The van der Waals surface area contributed by atoms with Gasteiger partial charge in [0.25, 0.3) is 0 Å². The second kappa shape index (κ2) is 13.7. The Bertz CT molecular complexity index is 647. The van der Waals surface area contributed by atoms with Gasteiger partial charge in [-0.15, -0.1) is 0 Å². The molecule has 2 aliphatic heterocycles. The van der Waals surface area contributed by atoms with Gasteiger partial charge in [-0.2, -0.15) is 0 Å². The average molecular weight is 494 g/mol. The van der Waals surface area contributed by atoms with Crippen LogP contribution in [0.2, 0.25) is 0 Å². The lowest BCUT2D eigenvalue weighted by molar-refractivity contribution is -0.127. The van der Waals surface area contributed by atoms with Gasteiger partial charge in [-0.05, 0) is 70.8 Å². The van der Waals surface area contributed by atoms with Gasteiger partial charge in [0.05, 0.1) is 18.4 Å². The summed E-state index contributed by atoms with van der Waals surface area (Å²) in [5.74, 6) is 0.912. The molecule has 9 heteroatoms. The van der Waals surface area contributed by atoms with Crippen molar-refractivity contribution in [2.75, 3.05) is 33.4 Å². The van der Waals surface area contributed by atoms with E-state index in [1.807, 2.05) is 7.11 Å². The summed E-state index contributed by atoms with van der Waals surface area (Å²) in [7, 11) is 1.81. The zero-order chi connectivity index (χ0) is 24.6. The van der Waals surface area contributed by atoms with Gasteiger partial charge in [-0.3, -0.25) is 15.0 Å². The SMILES string of the molecule is CCCN1C(CNC2CCCC(C(=O)N[C@H](C)C3CCCC(OC)C3)C2)NNC1C1CCNCN1. The first kappa shape index (κ1) is 27.2. The summed E-state index contributed by atoms with van der Waals surface area (Å²) >= 11 is 0. The predicted molar refractivity (Wildman–Crippen MR) is 139 cm³/mol. The molecule has 0 aromatic rings. The monoisotopic (exact) mass is 493 g/mol. The van der Waals surface area contributed by atoms with Crippen LogP contribution in [0.25, 0.3) is 0 Å². The summed E-state index contributed by atoms with van der Waals surface area (Å²) in [6.45, 7) is 8.35. The van der Waals surface area contributed by atoms with E-state index in [-0.39, 0.29) is 24.0 Å². The van der Waals surface area contributed by atoms with E-state index < -0.39 is 0 Å². The third-order valence-corrected chi connectivity index (χ3v) is 8.86. The van der Waals surface area contributed by atoms with E-state index in [0.29, 0.717) is 30.3 Å². The Labute approximate surface area is 212 Å². The second-order valence-electron chi connectivity index (χ2n) is 11.3. The summed E-state index contributed by atoms with van der Waals surface area (Å²) in [4.78, 5) is 15.7. The molecule has 202 valence electrons. The van der Waals surface area contributed by atoms with E-state index >= 15 is 0 Å². The number of carbonyl (C=O) groups is 1. The Morgan fingerprint density at radius 3 is 2.74 bits per heavy atom. The quantitative estimate of drug-likeness (QED) is 0.270. The van der Waals surface area contributed by atoms with E-state index in [2.05, 4.69) is 50.9 Å². The number of hydrogen-bond donors (Lipinski definition) is 6. The lowest BCUT2D eigenvalue weighted by atomic mass is 9.81. The Morgan fingerprint density at radius 1 is 1.11 bits per heavy atom. The molecule has 2 saturated carbocycles. The van der Waals surface area contributed by atoms with E-state index in [4.69, 9.17) is 4.74 Å². The van der Waals surface area contributed by atoms with Crippen molar-refractivity contribution in [2.24, 2.45) is 11.8 Å². The van der Waals surface area contributed by atoms with Crippen molar-refractivity contribution in [1.29, 1.82) is 0 Å². The molecule has 8 atom stereocenters. The number of nitrogens with zero attached hydrogens (tertiary/aromatic N) is 1. The van der Waals surface area contributed by atoms with Gasteiger partial charge < -0.3 is 20.7 Å². The van der Waals surface area contributed by atoms with E-state index in [9.17, 15) is 4.79 Å². The second-order valence-corrected chi connectivity index (χ2v) is 11.3. The fourth-order valence-corrected chi connectivity index (χ4v) is 6.72. The van der Waals surface area contributed by atoms with Gasteiger partial charge in [0.1, 0.15) is 0 Å². The smallest absolute Gasteiger partial charge is 0.223 e. The van der Waals surface area contributed by atoms with Crippen LogP contribution in [-0.2, 0) is 9.53 Å². The minimum atomic E-state index is 0.124. The maximum absolute atomic E-state index is 13.2. The standard InChI is InChI=1S/C26H51N7O2/c1-4-13-33-24(31-32-25(33)23-11-12-27-17-29-23)16-28-21-9-5-8-20(14-21)26(34)30-18(2)19-7-6-10-22(15-19)35-3/h18-25,27-29,31-32H,4-17H2,1-3H3,(H,30,34)/t18-,19?,20?,21?,22?,23?,24?,25?/m1/s1. The van der Waals surface area contributed by atoms with Crippen molar-refractivity contribution in [3.05, 3.63) is 0 Å². The van der Waals surface area contributed by atoms with Gasteiger partial charge in [-0.1, -0.05) is 19.8 Å². The minimum Gasteiger partial charge on any atom is -0.381 e. The Hall–Kier alpha value is -0.810. The predicted octanol–water partition coefficient (Wildman–Crippen LogP) is 1.23. The Morgan fingerprint density at radius 2 is 1.97 bits per heavy atom. The molecule has 0 spiro atoms. The number of hydrazine groups is 1. The number of methoxy groups -OCH3 is 1. The third kappa shape index (κ3) is 7.37. The number of rotatable bonds is 10. The maximum atomic E-state index is 13.2. The molecule has 4 fully saturated rings. The largest absolute Gasteiger partial charge is 0.381 e. The van der Waals surface area contributed by atoms with Crippen LogP contribution in [-0.4, -0.2) is 80.8 Å². The van der Waals surface area contributed by atoms with Gasteiger partial charge in [-0.25, -0.2) is 10.9 Å². The van der Waals surface area contributed by atoms with Crippen LogP contribution in [0, 0.1) is 11.8 Å². The zero-order valence-corrected chi connectivity index (χ0v) is 22.3. The topological polar surface area (TPSA) is 102 Å². The molecular weight excluding hydrogens is 442 g/mol. The van der Waals surface area contributed by atoms with E-state index in [1.54, 1.807) is 0 Å². The van der Waals surface area contributed by atoms with E-state index in [1.165, 1.54) is 12.8 Å². The molecule has 2 heterocycles. The van der Waals surface area contributed by atoms with Crippen LogP contribution in [0.15, 0.2) is 0 Å². The van der Waals surface area contributed by atoms with Crippen LogP contribution in [0.4, 0.5) is 0 Å². The van der Waals surface area contributed by atoms with Gasteiger partial charge >= 0.3 is 0 Å². The molecule has 1 amide bonds. The van der Waals surface area contributed by atoms with Crippen molar-refractivity contribution in [3.63, 3.8) is 0 Å². The van der Waals surface area contributed by atoms with Crippen molar-refractivity contribution < 1.29 is 9.53 Å². The highest BCUT2D eigenvalue weighted by atomic mass is 16.5.